The highest BCUT2D eigenvalue weighted by Crippen LogP contribution is 2.27. The van der Waals surface area contributed by atoms with Crippen LogP contribution >= 0.6 is 34.7 Å². The zero-order chi connectivity index (χ0) is 16.4. The SMILES string of the molecule is COc1ccc(Cl)cc1CSCc1cc(=O)n2c(C)csc2n1. The lowest BCUT2D eigenvalue weighted by molar-refractivity contribution is 0.411. The highest BCUT2D eigenvalue weighted by Gasteiger charge is 2.08. The molecule has 1 aromatic carbocycles. The number of aromatic nitrogens is 2. The Balaban J connectivity index is 1.74. The van der Waals surface area contributed by atoms with Gasteiger partial charge in [-0.2, -0.15) is 11.8 Å². The molecule has 3 aromatic rings. The minimum absolute atomic E-state index is 0.0234. The molecule has 0 saturated carbocycles. The molecule has 0 amide bonds. The molecule has 23 heavy (non-hydrogen) atoms. The van der Waals surface area contributed by atoms with Crippen molar-refractivity contribution in [1.29, 1.82) is 0 Å². The summed E-state index contributed by atoms with van der Waals surface area (Å²) in [6.45, 7) is 1.91. The summed E-state index contributed by atoms with van der Waals surface area (Å²) in [4.78, 5) is 17.4. The second-order valence-electron chi connectivity index (χ2n) is 5.03. The van der Waals surface area contributed by atoms with Crippen molar-refractivity contribution in [3.05, 3.63) is 62.0 Å². The van der Waals surface area contributed by atoms with Gasteiger partial charge in [0.2, 0.25) is 0 Å². The summed E-state index contributed by atoms with van der Waals surface area (Å²) < 4.78 is 6.98. The fourth-order valence-electron chi connectivity index (χ4n) is 2.30. The maximum atomic E-state index is 12.1. The molecule has 0 radical (unpaired) electrons. The van der Waals surface area contributed by atoms with Crippen LogP contribution in [0.1, 0.15) is 17.0 Å². The molecular weight excluding hydrogens is 352 g/mol. The molecule has 120 valence electrons. The molecule has 0 spiro atoms. The quantitative estimate of drug-likeness (QED) is 0.680. The van der Waals surface area contributed by atoms with Crippen molar-refractivity contribution in [2.24, 2.45) is 0 Å². The number of rotatable bonds is 5. The van der Waals surface area contributed by atoms with Gasteiger partial charge < -0.3 is 4.74 Å². The normalized spacial score (nSPS) is 11.1. The van der Waals surface area contributed by atoms with Gasteiger partial charge >= 0.3 is 0 Å². The largest absolute Gasteiger partial charge is 0.496 e. The van der Waals surface area contributed by atoms with Crippen molar-refractivity contribution in [2.45, 2.75) is 18.4 Å². The molecule has 0 fully saturated rings. The number of hydrogen-bond acceptors (Lipinski definition) is 5. The predicted octanol–water partition coefficient (Wildman–Crippen LogP) is 4.16. The summed E-state index contributed by atoms with van der Waals surface area (Å²) in [5.41, 5.74) is 2.73. The number of thioether (sulfide) groups is 1. The average molecular weight is 367 g/mol. The summed E-state index contributed by atoms with van der Waals surface area (Å²) in [7, 11) is 1.65. The van der Waals surface area contributed by atoms with E-state index in [4.69, 9.17) is 16.3 Å². The van der Waals surface area contributed by atoms with Gasteiger partial charge in [0.1, 0.15) is 5.75 Å². The van der Waals surface area contributed by atoms with E-state index in [0.29, 0.717) is 10.8 Å². The van der Waals surface area contributed by atoms with Crippen molar-refractivity contribution in [3.8, 4) is 5.75 Å². The van der Waals surface area contributed by atoms with Gasteiger partial charge in [-0.05, 0) is 25.1 Å². The minimum atomic E-state index is -0.0234. The molecule has 0 atom stereocenters. The number of methoxy groups -OCH3 is 1. The number of aryl methyl sites for hydroxylation is 1. The number of hydrogen-bond donors (Lipinski definition) is 0. The molecule has 0 N–H and O–H groups in total. The van der Waals surface area contributed by atoms with Crippen molar-refractivity contribution >= 4 is 39.7 Å². The van der Waals surface area contributed by atoms with E-state index in [0.717, 1.165) is 33.4 Å². The van der Waals surface area contributed by atoms with Gasteiger partial charge in [-0.1, -0.05) is 11.6 Å². The molecule has 0 bridgehead atoms. The van der Waals surface area contributed by atoms with Crippen LogP contribution < -0.4 is 10.3 Å². The number of thiazole rings is 1. The van der Waals surface area contributed by atoms with Gasteiger partial charge in [0.15, 0.2) is 4.96 Å². The number of nitrogens with zero attached hydrogens (tertiary/aromatic N) is 2. The number of benzene rings is 1. The predicted molar refractivity (Wildman–Crippen MR) is 97.1 cm³/mol. The summed E-state index contributed by atoms with van der Waals surface area (Å²) in [6.07, 6.45) is 0. The smallest absolute Gasteiger partial charge is 0.258 e. The van der Waals surface area contributed by atoms with Gasteiger partial charge in [0, 0.05) is 39.2 Å². The molecule has 0 aliphatic heterocycles. The van der Waals surface area contributed by atoms with Crippen LogP contribution in [0.3, 0.4) is 0 Å². The topological polar surface area (TPSA) is 43.6 Å². The first-order valence-corrected chi connectivity index (χ1v) is 9.36. The zero-order valence-corrected chi connectivity index (χ0v) is 15.1. The van der Waals surface area contributed by atoms with Crippen molar-refractivity contribution in [2.75, 3.05) is 7.11 Å². The van der Waals surface area contributed by atoms with E-state index in [1.807, 2.05) is 30.5 Å². The third-order valence-corrected chi connectivity index (χ3v) is 5.57. The zero-order valence-electron chi connectivity index (χ0n) is 12.7. The van der Waals surface area contributed by atoms with Gasteiger partial charge in [-0.15, -0.1) is 11.3 Å². The number of fused-ring (bicyclic) bond motifs is 1. The van der Waals surface area contributed by atoms with E-state index in [1.165, 1.54) is 11.3 Å². The van der Waals surface area contributed by atoms with Crippen molar-refractivity contribution < 1.29 is 4.74 Å². The Labute approximate surface area is 147 Å². The van der Waals surface area contributed by atoms with Crippen LogP contribution in [0.2, 0.25) is 5.02 Å². The minimum Gasteiger partial charge on any atom is -0.496 e. The van der Waals surface area contributed by atoms with E-state index in [-0.39, 0.29) is 5.56 Å². The van der Waals surface area contributed by atoms with Gasteiger partial charge in [-0.3, -0.25) is 9.20 Å². The van der Waals surface area contributed by atoms with Crippen LogP contribution in [0, 0.1) is 6.92 Å². The lowest BCUT2D eigenvalue weighted by atomic mass is 10.2. The maximum Gasteiger partial charge on any atom is 0.258 e. The van der Waals surface area contributed by atoms with Gasteiger partial charge in [0.05, 0.1) is 12.8 Å². The van der Waals surface area contributed by atoms with Crippen LogP contribution in [-0.4, -0.2) is 16.5 Å². The molecule has 0 saturated heterocycles. The lowest BCUT2D eigenvalue weighted by Crippen LogP contribution is -2.14. The fourth-order valence-corrected chi connectivity index (χ4v) is 4.29. The summed E-state index contributed by atoms with van der Waals surface area (Å²) >= 11 is 9.20. The molecule has 3 rings (SSSR count). The van der Waals surface area contributed by atoms with Crippen LogP contribution in [0.15, 0.2) is 34.4 Å². The highest BCUT2D eigenvalue weighted by atomic mass is 35.5. The van der Waals surface area contributed by atoms with Crippen LogP contribution in [0.25, 0.3) is 4.96 Å². The third kappa shape index (κ3) is 3.54. The van der Waals surface area contributed by atoms with E-state index in [2.05, 4.69) is 4.98 Å². The molecule has 0 aliphatic carbocycles. The Kier molecular flexibility index (Phi) is 4.94. The molecule has 0 unspecified atom stereocenters. The second-order valence-corrected chi connectivity index (χ2v) is 7.29. The summed E-state index contributed by atoms with van der Waals surface area (Å²) in [6, 6.07) is 7.18. The molecule has 0 aliphatic rings. The lowest BCUT2D eigenvalue weighted by Gasteiger charge is -2.08. The molecule has 2 aromatic heterocycles. The van der Waals surface area contributed by atoms with Crippen molar-refractivity contribution in [3.63, 3.8) is 0 Å². The Morgan fingerprint density at radius 2 is 2.17 bits per heavy atom. The molecule has 7 heteroatoms. The van der Waals surface area contributed by atoms with E-state index < -0.39 is 0 Å². The van der Waals surface area contributed by atoms with Crippen molar-refractivity contribution in [1.82, 2.24) is 9.38 Å². The molecule has 2 heterocycles. The first kappa shape index (κ1) is 16.4. The van der Waals surface area contributed by atoms with Gasteiger partial charge in [-0.25, -0.2) is 4.98 Å². The molecular formula is C16H15ClN2O2S2. The Morgan fingerprint density at radius 3 is 2.96 bits per heavy atom. The fraction of sp³-hybridized carbons (Fsp3) is 0.250. The second kappa shape index (κ2) is 6.95. The third-order valence-electron chi connectivity index (χ3n) is 3.38. The van der Waals surface area contributed by atoms with E-state index in [9.17, 15) is 4.79 Å². The number of ether oxygens (including phenoxy) is 1. The van der Waals surface area contributed by atoms with E-state index >= 15 is 0 Å². The highest BCUT2D eigenvalue weighted by molar-refractivity contribution is 7.97. The molecule has 4 nitrogen and oxygen atoms in total. The summed E-state index contributed by atoms with van der Waals surface area (Å²) in [5, 5.41) is 2.63. The van der Waals surface area contributed by atoms with Gasteiger partial charge in [0.25, 0.3) is 5.56 Å². The van der Waals surface area contributed by atoms with E-state index in [1.54, 1.807) is 29.3 Å². The van der Waals surface area contributed by atoms with Crippen LogP contribution in [0.5, 0.6) is 5.75 Å². The monoisotopic (exact) mass is 366 g/mol. The Bertz CT molecular complexity index is 905. The van der Waals surface area contributed by atoms with Crippen LogP contribution in [-0.2, 0) is 11.5 Å². The van der Waals surface area contributed by atoms with Crippen LogP contribution in [0.4, 0.5) is 0 Å². The average Bonchev–Trinajstić information content (AvgIpc) is 2.89. The standard InChI is InChI=1S/C16H15ClN2O2S2/c1-10-7-23-16-18-13(6-15(20)19(10)16)9-22-8-11-5-12(17)3-4-14(11)21-2/h3-7H,8-9H2,1-2H3. The maximum absolute atomic E-state index is 12.1. The Hall–Kier alpha value is -1.50. The first-order valence-electron chi connectivity index (χ1n) is 6.95. The summed E-state index contributed by atoms with van der Waals surface area (Å²) in [5.74, 6) is 2.23. The Morgan fingerprint density at radius 1 is 1.35 bits per heavy atom. The number of halogens is 1. The first-order chi connectivity index (χ1) is 11.1.